The van der Waals surface area contributed by atoms with E-state index in [9.17, 15) is 9.59 Å². The number of imide groups is 1. The number of benzene rings is 1. The van der Waals surface area contributed by atoms with E-state index in [0.717, 1.165) is 31.2 Å². The van der Waals surface area contributed by atoms with Gasteiger partial charge in [0.05, 0.1) is 5.02 Å². The fourth-order valence-corrected chi connectivity index (χ4v) is 3.33. The summed E-state index contributed by atoms with van der Waals surface area (Å²) in [6.07, 6.45) is 4.23. The summed E-state index contributed by atoms with van der Waals surface area (Å²) in [5, 5.41) is 8.16. The maximum absolute atomic E-state index is 11.8. The molecule has 3 amide bonds. The number of carbonyl (C=O) groups is 2. The summed E-state index contributed by atoms with van der Waals surface area (Å²) in [7, 11) is 0. The summed E-state index contributed by atoms with van der Waals surface area (Å²) in [5.74, 6) is -0.322. The molecule has 126 valence electrons. The highest BCUT2D eigenvalue weighted by Crippen LogP contribution is 2.24. The molecule has 1 saturated carbocycles. The Morgan fingerprint density at radius 3 is 2.65 bits per heavy atom. The molecule has 0 heterocycles. The van der Waals surface area contributed by atoms with Crippen molar-refractivity contribution >= 4 is 35.1 Å². The smallest absolute Gasteiger partial charge is 0.321 e. The van der Waals surface area contributed by atoms with Gasteiger partial charge < -0.3 is 10.6 Å². The average molecular weight is 359 g/mol. The number of urea groups is 1. The summed E-state index contributed by atoms with van der Waals surface area (Å²) < 4.78 is 0. The molecule has 0 spiro atoms. The van der Waals surface area contributed by atoms with E-state index in [1.54, 1.807) is 12.1 Å². The second-order valence-electron chi connectivity index (χ2n) is 5.90. The Balaban J connectivity index is 1.75. The molecule has 4 N–H and O–H groups in total. The molecule has 23 heavy (non-hydrogen) atoms. The van der Waals surface area contributed by atoms with Gasteiger partial charge in [0.2, 0.25) is 0 Å². The zero-order chi connectivity index (χ0) is 16.8. The van der Waals surface area contributed by atoms with E-state index in [0.29, 0.717) is 10.0 Å². The average Bonchev–Trinajstić information content (AvgIpc) is 2.97. The third-order valence-corrected chi connectivity index (χ3v) is 4.62. The van der Waals surface area contributed by atoms with Crippen LogP contribution in [0.5, 0.6) is 0 Å². The van der Waals surface area contributed by atoms with E-state index in [1.165, 1.54) is 0 Å². The molecule has 0 saturated heterocycles. The molecule has 0 unspecified atom stereocenters. The Labute approximate surface area is 146 Å². The summed E-state index contributed by atoms with van der Waals surface area (Å²) in [5.41, 5.74) is 0.902. The minimum absolute atomic E-state index is 0.0107. The predicted molar refractivity (Wildman–Crippen MR) is 90.6 cm³/mol. The normalized spacial score (nSPS) is 16.1. The lowest BCUT2D eigenvalue weighted by Gasteiger charge is -2.14. The third-order valence-electron chi connectivity index (χ3n) is 4.05. The highest BCUT2D eigenvalue weighted by molar-refractivity contribution is 6.35. The lowest BCUT2D eigenvalue weighted by atomic mass is 10.1. The highest BCUT2D eigenvalue weighted by Gasteiger charge is 2.19. The van der Waals surface area contributed by atoms with Gasteiger partial charge in [-0.2, -0.15) is 0 Å². The monoisotopic (exact) mass is 358 g/mol. The predicted octanol–water partition coefficient (Wildman–Crippen LogP) is 2.39. The van der Waals surface area contributed by atoms with Crippen molar-refractivity contribution in [2.75, 3.05) is 6.54 Å². The first-order valence-electron chi connectivity index (χ1n) is 7.84. The van der Waals surface area contributed by atoms with Crippen LogP contribution < -0.4 is 16.0 Å². The van der Waals surface area contributed by atoms with Gasteiger partial charge in [-0.15, -0.1) is 0 Å². The van der Waals surface area contributed by atoms with Crippen molar-refractivity contribution in [1.82, 2.24) is 10.6 Å². The van der Waals surface area contributed by atoms with Crippen LogP contribution in [0.3, 0.4) is 0 Å². The second kappa shape index (κ2) is 8.52. The summed E-state index contributed by atoms with van der Waals surface area (Å²) in [6.45, 7) is 2.10. The van der Waals surface area contributed by atoms with E-state index < -0.39 is 6.03 Å². The van der Waals surface area contributed by atoms with Gasteiger partial charge in [-0.25, -0.2) is 4.79 Å². The van der Waals surface area contributed by atoms with Crippen LogP contribution in [0.15, 0.2) is 18.2 Å². The Morgan fingerprint density at radius 2 is 2.00 bits per heavy atom. The van der Waals surface area contributed by atoms with E-state index in [4.69, 9.17) is 23.2 Å². The van der Waals surface area contributed by atoms with Crippen molar-refractivity contribution in [2.24, 2.45) is 0 Å². The Bertz CT molecular complexity index is 574. The van der Waals surface area contributed by atoms with Gasteiger partial charge in [-0.3, -0.25) is 10.1 Å². The van der Waals surface area contributed by atoms with Crippen LogP contribution in [0.4, 0.5) is 4.79 Å². The zero-order valence-corrected chi connectivity index (χ0v) is 14.6. The second-order valence-corrected chi connectivity index (χ2v) is 6.74. The Morgan fingerprint density at radius 1 is 1.30 bits per heavy atom. The van der Waals surface area contributed by atoms with Gasteiger partial charge in [-0.1, -0.05) is 42.1 Å². The molecular weight excluding hydrogens is 337 g/mol. The summed E-state index contributed by atoms with van der Waals surface area (Å²) >= 11 is 12.0. The molecule has 0 radical (unpaired) electrons. The van der Waals surface area contributed by atoms with E-state index in [1.807, 2.05) is 18.3 Å². The maximum Gasteiger partial charge on any atom is 0.321 e. The first kappa shape index (κ1) is 18.0. The van der Waals surface area contributed by atoms with Crippen molar-refractivity contribution in [3.8, 4) is 0 Å². The molecule has 1 fully saturated rings. The number of halogens is 2. The van der Waals surface area contributed by atoms with Gasteiger partial charge >= 0.3 is 6.03 Å². The quantitative estimate of drug-likeness (QED) is 0.755. The van der Waals surface area contributed by atoms with E-state index >= 15 is 0 Å². The van der Waals surface area contributed by atoms with Crippen LogP contribution in [0.1, 0.15) is 44.2 Å². The van der Waals surface area contributed by atoms with Crippen molar-refractivity contribution in [1.29, 1.82) is 0 Å². The molecule has 1 aromatic carbocycles. The van der Waals surface area contributed by atoms with Gasteiger partial charge in [0.25, 0.3) is 5.91 Å². The Kier molecular flexibility index (Phi) is 6.69. The van der Waals surface area contributed by atoms with Crippen LogP contribution in [-0.2, 0) is 4.79 Å². The number of hydrogen-bond donors (Lipinski definition) is 3. The molecule has 1 atom stereocenters. The van der Waals surface area contributed by atoms with Crippen molar-refractivity contribution in [3.63, 3.8) is 0 Å². The van der Waals surface area contributed by atoms with Gasteiger partial charge in [0, 0.05) is 16.6 Å². The summed E-state index contributed by atoms with van der Waals surface area (Å²) in [6, 6.07) is 5.06. The van der Waals surface area contributed by atoms with Crippen molar-refractivity contribution in [2.45, 2.75) is 44.7 Å². The van der Waals surface area contributed by atoms with Crippen LogP contribution in [0.25, 0.3) is 0 Å². The number of quaternary nitrogens is 1. The topological polar surface area (TPSA) is 74.8 Å². The molecule has 0 aromatic heterocycles. The molecule has 2 rings (SSSR count). The molecule has 7 heteroatoms. The fraction of sp³-hybridized carbons (Fsp3) is 0.500. The zero-order valence-electron chi connectivity index (χ0n) is 13.1. The Hall–Kier alpha value is -1.30. The molecule has 1 aliphatic carbocycles. The van der Waals surface area contributed by atoms with E-state index in [-0.39, 0.29) is 24.5 Å². The molecule has 5 nitrogen and oxygen atoms in total. The fourth-order valence-electron chi connectivity index (χ4n) is 2.75. The molecular formula is C16H22Cl2N3O2+. The lowest BCUT2D eigenvalue weighted by Crippen LogP contribution is -2.87. The molecule has 1 aliphatic rings. The van der Waals surface area contributed by atoms with Gasteiger partial charge in [0.1, 0.15) is 6.04 Å². The number of nitrogens with one attached hydrogen (secondary N) is 2. The number of hydrogen-bond acceptors (Lipinski definition) is 2. The van der Waals surface area contributed by atoms with Crippen LogP contribution >= 0.6 is 23.2 Å². The first-order valence-corrected chi connectivity index (χ1v) is 8.60. The molecule has 1 aromatic rings. The molecule has 0 bridgehead atoms. The first-order chi connectivity index (χ1) is 11.0. The van der Waals surface area contributed by atoms with Gasteiger partial charge in [-0.05, 0) is 31.9 Å². The lowest BCUT2D eigenvalue weighted by molar-refractivity contribution is -0.682. The number of rotatable bonds is 5. The SMILES string of the molecule is C[C@@H]([NH2+]CC(=O)NC(=O)NC1CCCC1)c1ccc(Cl)cc1Cl. The van der Waals surface area contributed by atoms with Crippen molar-refractivity contribution in [3.05, 3.63) is 33.8 Å². The largest absolute Gasteiger partial charge is 0.335 e. The minimum Gasteiger partial charge on any atom is -0.335 e. The highest BCUT2D eigenvalue weighted by atomic mass is 35.5. The maximum atomic E-state index is 11.8. The third kappa shape index (κ3) is 5.68. The van der Waals surface area contributed by atoms with Crippen molar-refractivity contribution < 1.29 is 14.9 Å². The standard InChI is InChI=1S/C16H21Cl2N3O2/c1-10(13-7-6-11(17)8-14(13)18)19-9-15(22)21-16(23)20-12-4-2-3-5-12/h6-8,10,12,19H,2-5,9H2,1H3,(H2,20,21,22,23)/p+1/t10-/m1/s1. The minimum atomic E-state index is -0.410. The van der Waals surface area contributed by atoms with Crippen LogP contribution in [-0.4, -0.2) is 24.5 Å². The number of nitrogens with two attached hydrogens (primary N) is 1. The summed E-state index contributed by atoms with van der Waals surface area (Å²) in [4.78, 5) is 23.6. The number of amides is 3. The van der Waals surface area contributed by atoms with E-state index in [2.05, 4.69) is 10.6 Å². The van der Waals surface area contributed by atoms with Gasteiger partial charge in [0.15, 0.2) is 6.54 Å². The van der Waals surface area contributed by atoms with Crippen LogP contribution in [0, 0.1) is 0 Å². The number of carbonyl (C=O) groups excluding carboxylic acids is 2. The van der Waals surface area contributed by atoms with Crippen LogP contribution in [0.2, 0.25) is 10.0 Å². The molecule has 0 aliphatic heterocycles.